The molecule has 2 aromatic carbocycles. The highest BCUT2D eigenvalue weighted by molar-refractivity contribution is 7.89. The number of hydrogen-bond acceptors (Lipinski definition) is 5. The highest BCUT2D eigenvalue weighted by Crippen LogP contribution is 2.27. The zero-order valence-corrected chi connectivity index (χ0v) is 18.3. The Kier molecular flexibility index (Phi) is 7.64. The lowest BCUT2D eigenvalue weighted by Gasteiger charge is -2.24. The first-order valence-corrected chi connectivity index (χ1v) is 10.7. The average Bonchev–Trinajstić information content (AvgIpc) is 2.72. The molecule has 29 heavy (non-hydrogen) atoms. The van der Waals surface area contributed by atoms with Crippen LogP contribution >= 0.6 is 0 Å². The van der Waals surface area contributed by atoms with Gasteiger partial charge in [0.15, 0.2) is 0 Å². The summed E-state index contributed by atoms with van der Waals surface area (Å²) in [6.45, 7) is 3.80. The predicted molar refractivity (Wildman–Crippen MR) is 112 cm³/mol. The maximum Gasteiger partial charge on any atom is 0.247 e. The van der Waals surface area contributed by atoms with Gasteiger partial charge in [0.25, 0.3) is 0 Å². The molecule has 0 N–H and O–H groups in total. The van der Waals surface area contributed by atoms with Crippen LogP contribution in [0.1, 0.15) is 18.1 Å². The minimum absolute atomic E-state index is 0.0625. The van der Waals surface area contributed by atoms with E-state index < -0.39 is 10.0 Å². The molecule has 0 heterocycles. The highest BCUT2D eigenvalue weighted by Gasteiger charge is 2.29. The van der Waals surface area contributed by atoms with E-state index in [1.165, 1.54) is 12.0 Å². The first-order chi connectivity index (χ1) is 13.7. The number of rotatable bonds is 9. The van der Waals surface area contributed by atoms with E-state index in [2.05, 4.69) is 0 Å². The number of sulfonamides is 1. The van der Waals surface area contributed by atoms with E-state index in [1.807, 2.05) is 31.2 Å². The maximum absolute atomic E-state index is 13.1. The number of nitrogens with zero attached hydrogens (tertiary/aromatic N) is 2. The van der Waals surface area contributed by atoms with Crippen molar-refractivity contribution in [3.63, 3.8) is 0 Å². The van der Waals surface area contributed by atoms with Gasteiger partial charge in [0.2, 0.25) is 15.9 Å². The number of hydrogen-bond donors (Lipinski definition) is 0. The van der Waals surface area contributed by atoms with Crippen molar-refractivity contribution in [1.82, 2.24) is 9.21 Å². The normalized spacial score (nSPS) is 11.4. The molecule has 0 unspecified atom stereocenters. The molecule has 2 rings (SSSR count). The van der Waals surface area contributed by atoms with Crippen molar-refractivity contribution >= 4 is 15.9 Å². The lowest BCUT2D eigenvalue weighted by molar-refractivity contribution is -0.130. The quantitative estimate of drug-likeness (QED) is 0.623. The van der Waals surface area contributed by atoms with Crippen LogP contribution in [0, 0.1) is 6.92 Å². The summed E-state index contributed by atoms with van der Waals surface area (Å²) in [5.41, 5.74) is 1.72. The van der Waals surface area contributed by atoms with E-state index in [1.54, 1.807) is 39.3 Å². The monoisotopic (exact) mass is 420 g/mol. The summed E-state index contributed by atoms with van der Waals surface area (Å²) in [6, 6.07) is 12.3. The third kappa shape index (κ3) is 5.48. The molecule has 8 heteroatoms. The van der Waals surface area contributed by atoms with E-state index in [9.17, 15) is 13.2 Å². The number of benzene rings is 2. The van der Waals surface area contributed by atoms with E-state index in [0.29, 0.717) is 6.54 Å². The third-order valence-electron chi connectivity index (χ3n) is 4.61. The molecule has 0 spiro atoms. The third-order valence-corrected chi connectivity index (χ3v) is 6.55. The van der Waals surface area contributed by atoms with E-state index in [4.69, 9.17) is 9.47 Å². The largest absolute Gasteiger partial charge is 0.497 e. The van der Waals surface area contributed by atoms with Gasteiger partial charge in [-0.3, -0.25) is 4.79 Å². The lowest BCUT2D eigenvalue weighted by Crippen LogP contribution is -2.41. The van der Waals surface area contributed by atoms with Crippen LogP contribution < -0.4 is 9.47 Å². The molecular weight excluding hydrogens is 392 g/mol. The molecule has 0 saturated heterocycles. The number of amides is 1. The Morgan fingerprint density at radius 2 is 1.69 bits per heavy atom. The minimum atomic E-state index is -3.88. The molecule has 0 aliphatic carbocycles. The summed E-state index contributed by atoms with van der Waals surface area (Å²) >= 11 is 0. The summed E-state index contributed by atoms with van der Waals surface area (Å²) in [5.74, 6) is 0.698. The maximum atomic E-state index is 13.1. The Labute approximate surface area is 172 Å². The fraction of sp³-hybridized carbons (Fsp3) is 0.381. The molecule has 0 atom stereocenters. The fourth-order valence-electron chi connectivity index (χ4n) is 2.86. The highest BCUT2D eigenvalue weighted by atomic mass is 32.2. The van der Waals surface area contributed by atoms with Crippen molar-refractivity contribution in [2.75, 3.05) is 34.4 Å². The van der Waals surface area contributed by atoms with Crippen molar-refractivity contribution in [3.05, 3.63) is 53.6 Å². The Hall–Kier alpha value is -2.58. The zero-order valence-electron chi connectivity index (χ0n) is 17.5. The molecular formula is C21H28N2O5S. The van der Waals surface area contributed by atoms with Crippen molar-refractivity contribution in [1.29, 1.82) is 0 Å². The molecule has 158 valence electrons. The van der Waals surface area contributed by atoms with Gasteiger partial charge in [0, 0.05) is 20.1 Å². The SMILES string of the molecule is CCN(CC(=O)N(C)Cc1ccc(OC)cc1)S(=O)(=O)c1cc(C)ccc1OC. The van der Waals surface area contributed by atoms with Crippen LogP contribution in [0.25, 0.3) is 0 Å². The summed E-state index contributed by atoms with van der Waals surface area (Å²) < 4.78 is 37.8. The lowest BCUT2D eigenvalue weighted by atomic mass is 10.2. The molecule has 2 aromatic rings. The van der Waals surface area contributed by atoms with Crippen LogP contribution in [0.5, 0.6) is 11.5 Å². The number of ether oxygens (including phenoxy) is 2. The van der Waals surface area contributed by atoms with E-state index >= 15 is 0 Å². The van der Waals surface area contributed by atoms with Gasteiger partial charge in [0.1, 0.15) is 16.4 Å². The second-order valence-electron chi connectivity index (χ2n) is 6.68. The van der Waals surface area contributed by atoms with E-state index in [0.717, 1.165) is 21.2 Å². The van der Waals surface area contributed by atoms with Gasteiger partial charge in [-0.2, -0.15) is 4.31 Å². The Morgan fingerprint density at radius 3 is 2.24 bits per heavy atom. The summed E-state index contributed by atoms with van der Waals surface area (Å²) in [7, 11) is 0.786. The van der Waals surface area contributed by atoms with Gasteiger partial charge in [-0.05, 0) is 42.3 Å². The van der Waals surface area contributed by atoms with Crippen LogP contribution in [0.3, 0.4) is 0 Å². The second-order valence-corrected chi connectivity index (χ2v) is 8.59. The van der Waals surface area contributed by atoms with Gasteiger partial charge in [0.05, 0.1) is 20.8 Å². The van der Waals surface area contributed by atoms with Crippen molar-refractivity contribution in [2.24, 2.45) is 0 Å². The standard InChI is InChI=1S/C21H28N2O5S/c1-6-23(29(25,26)20-13-16(2)7-12-19(20)28-5)15-21(24)22(3)14-17-8-10-18(27-4)11-9-17/h7-13H,6,14-15H2,1-5H3. The number of aryl methyl sites for hydroxylation is 1. The first-order valence-electron chi connectivity index (χ1n) is 9.24. The van der Waals surface area contributed by atoms with Gasteiger partial charge >= 0.3 is 0 Å². The summed E-state index contributed by atoms with van der Waals surface area (Å²) in [6.07, 6.45) is 0. The van der Waals surface area contributed by atoms with Crippen LogP contribution in [0.15, 0.2) is 47.4 Å². The van der Waals surface area contributed by atoms with E-state index in [-0.39, 0.29) is 29.6 Å². The number of carbonyl (C=O) groups is 1. The van der Waals surface area contributed by atoms with Gasteiger partial charge in [-0.1, -0.05) is 25.1 Å². The summed E-state index contributed by atoms with van der Waals surface area (Å²) in [4.78, 5) is 14.3. The second kappa shape index (κ2) is 9.76. The smallest absolute Gasteiger partial charge is 0.247 e. The first kappa shape index (κ1) is 22.7. The zero-order chi connectivity index (χ0) is 21.6. The molecule has 0 aromatic heterocycles. The number of methoxy groups -OCH3 is 2. The average molecular weight is 421 g/mol. The Bertz CT molecular complexity index is 942. The Balaban J connectivity index is 2.16. The molecule has 1 amide bonds. The number of likely N-dealkylation sites (N-methyl/N-ethyl adjacent to an activating group) is 2. The molecule has 0 bridgehead atoms. The summed E-state index contributed by atoms with van der Waals surface area (Å²) in [5, 5.41) is 0. The van der Waals surface area contributed by atoms with Crippen molar-refractivity contribution in [2.45, 2.75) is 25.3 Å². The van der Waals surface area contributed by atoms with Gasteiger partial charge in [-0.25, -0.2) is 8.42 Å². The molecule has 0 radical (unpaired) electrons. The minimum Gasteiger partial charge on any atom is -0.497 e. The molecule has 0 fully saturated rings. The van der Waals surface area contributed by atoms with Gasteiger partial charge in [-0.15, -0.1) is 0 Å². The molecule has 0 saturated carbocycles. The van der Waals surface area contributed by atoms with Crippen LogP contribution in [-0.2, 0) is 21.4 Å². The molecule has 0 aliphatic rings. The van der Waals surface area contributed by atoms with Crippen LogP contribution in [-0.4, -0.2) is 57.9 Å². The topological polar surface area (TPSA) is 76.2 Å². The molecule has 7 nitrogen and oxygen atoms in total. The Morgan fingerprint density at radius 1 is 1.03 bits per heavy atom. The van der Waals surface area contributed by atoms with Crippen molar-refractivity contribution in [3.8, 4) is 11.5 Å². The van der Waals surface area contributed by atoms with Crippen LogP contribution in [0.4, 0.5) is 0 Å². The predicted octanol–water partition coefficient (Wildman–Crippen LogP) is 2.68. The van der Waals surface area contributed by atoms with Crippen LogP contribution in [0.2, 0.25) is 0 Å². The van der Waals surface area contributed by atoms with Crippen molar-refractivity contribution < 1.29 is 22.7 Å². The number of carbonyl (C=O) groups excluding carboxylic acids is 1. The fourth-order valence-corrected chi connectivity index (χ4v) is 4.49. The van der Waals surface area contributed by atoms with Gasteiger partial charge < -0.3 is 14.4 Å². The molecule has 0 aliphatic heterocycles.